The first-order chi connectivity index (χ1) is 13.1. The van der Waals surface area contributed by atoms with Crippen LogP contribution in [0.25, 0.3) is 11.1 Å². The lowest BCUT2D eigenvalue weighted by atomic mass is 9.97. The molecule has 0 saturated heterocycles. The van der Waals surface area contributed by atoms with E-state index < -0.39 is 0 Å². The van der Waals surface area contributed by atoms with Gasteiger partial charge >= 0.3 is 0 Å². The molecule has 0 amide bonds. The molecule has 0 unspecified atom stereocenters. The number of Topliss-reactive ketones (excluding diaryl/α,β-unsaturated/α-hetero) is 1. The summed E-state index contributed by atoms with van der Waals surface area (Å²) in [5.74, 6) is 0.795. The highest BCUT2D eigenvalue weighted by molar-refractivity contribution is 5.96. The van der Waals surface area contributed by atoms with Crippen molar-refractivity contribution < 1.29 is 4.79 Å². The van der Waals surface area contributed by atoms with Gasteiger partial charge in [-0.15, -0.1) is 0 Å². The van der Waals surface area contributed by atoms with Gasteiger partial charge in [-0.05, 0) is 49.4 Å². The quantitative estimate of drug-likeness (QED) is 0.631. The Labute approximate surface area is 158 Å². The van der Waals surface area contributed by atoms with Gasteiger partial charge < -0.3 is 4.90 Å². The molecule has 1 aliphatic heterocycles. The number of hydrogen-bond donors (Lipinski definition) is 0. The second-order valence-corrected chi connectivity index (χ2v) is 7.74. The van der Waals surface area contributed by atoms with Crippen molar-refractivity contribution in [3.05, 3.63) is 71.5 Å². The van der Waals surface area contributed by atoms with Crippen LogP contribution in [0, 0.1) is 6.92 Å². The number of fused-ring (bicyclic) bond motifs is 2. The lowest BCUT2D eigenvalue weighted by Gasteiger charge is -2.18. The number of hydrogen-bond acceptors (Lipinski definition) is 4. The van der Waals surface area contributed by atoms with Crippen LogP contribution in [-0.4, -0.2) is 22.3 Å². The highest BCUT2D eigenvalue weighted by atomic mass is 16.1. The highest BCUT2D eigenvalue weighted by Gasteiger charge is 2.52. The Hall–Kier alpha value is -3.01. The summed E-state index contributed by atoms with van der Waals surface area (Å²) in [7, 11) is 0. The molecule has 1 saturated carbocycles. The molecule has 1 aromatic heterocycles. The lowest BCUT2D eigenvalue weighted by molar-refractivity contribution is 0.101. The van der Waals surface area contributed by atoms with Gasteiger partial charge in [0.25, 0.3) is 0 Å². The fourth-order valence-corrected chi connectivity index (χ4v) is 4.15. The third kappa shape index (κ3) is 2.55. The molecule has 134 valence electrons. The largest absolute Gasteiger partial charge is 0.309 e. The first-order valence-corrected chi connectivity index (χ1v) is 9.38. The fourth-order valence-electron chi connectivity index (χ4n) is 4.15. The van der Waals surface area contributed by atoms with E-state index in [1.807, 2.05) is 36.7 Å². The smallest absolute Gasteiger partial charge is 0.229 e. The first-order valence-electron chi connectivity index (χ1n) is 9.38. The second-order valence-electron chi connectivity index (χ2n) is 7.74. The van der Waals surface area contributed by atoms with Gasteiger partial charge in [-0.25, -0.2) is 9.97 Å². The average molecular weight is 355 g/mol. The van der Waals surface area contributed by atoms with E-state index in [-0.39, 0.29) is 11.2 Å². The van der Waals surface area contributed by atoms with Gasteiger partial charge in [0, 0.05) is 41.2 Å². The Morgan fingerprint density at radius 1 is 1.07 bits per heavy atom. The molecule has 0 radical (unpaired) electrons. The highest BCUT2D eigenvalue weighted by Crippen LogP contribution is 2.57. The number of carbonyl (C=O) groups is 1. The topological polar surface area (TPSA) is 46.1 Å². The molecule has 4 nitrogen and oxygen atoms in total. The van der Waals surface area contributed by atoms with Crippen molar-refractivity contribution in [2.75, 3.05) is 11.4 Å². The van der Waals surface area contributed by atoms with Gasteiger partial charge in [0.05, 0.1) is 0 Å². The zero-order valence-electron chi connectivity index (χ0n) is 15.6. The molecule has 1 fully saturated rings. The van der Waals surface area contributed by atoms with Crippen LogP contribution in [0.2, 0.25) is 0 Å². The number of benzene rings is 2. The number of rotatable bonds is 3. The van der Waals surface area contributed by atoms with E-state index in [4.69, 9.17) is 0 Å². The third-order valence-corrected chi connectivity index (χ3v) is 5.92. The SMILES string of the molecule is CC(=O)c1ccc2c(c1)N(c1ncc(-c3ccccc3C)cn1)CC21CC1. The Morgan fingerprint density at radius 3 is 2.48 bits per heavy atom. The normalized spacial score (nSPS) is 16.4. The Morgan fingerprint density at radius 2 is 1.81 bits per heavy atom. The molecule has 4 heteroatoms. The molecule has 0 atom stereocenters. The van der Waals surface area contributed by atoms with Gasteiger partial charge in [-0.2, -0.15) is 0 Å². The summed E-state index contributed by atoms with van der Waals surface area (Å²) < 4.78 is 0. The predicted octanol–water partition coefficient (Wildman–Crippen LogP) is 4.84. The van der Waals surface area contributed by atoms with Crippen LogP contribution in [0.15, 0.2) is 54.9 Å². The summed E-state index contributed by atoms with van der Waals surface area (Å²) in [6, 6.07) is 14.3. The summed E-state index contributed by atoms with van der Waals surface area (Å²) in [4.78, 5) is 23.4. The minimum absolute atomic E-state index is 0.0883. The second kappa shape index (κ2) is 5.74. The Kier molecular flexibility index (Phi) is 3.44. The van der Waals surface area contributed by atoms with Crippen LogP contribution in [0.1, 0.15) is 41.3 Å². The standard InChI is InChI=1S/C23H21N3O/c1-15-5-3-4-6-19(15)18-12-24-22(25-13-18)26-14-23(9-10-23)20-8-7-17(16(2)27)11-21(20)26/h3-8,11-13H,9-10,14H2,1-2H3. The Balaban J connectivity index is 1.54. The van der Waals surface area contributed by atoms with E-state index in [2.05, 4.69) is 40.0 Å². The molecule has 5 rings (SSSR count). The summed E-state index contributed by atoms with van der Waals surface area (Å²) in [5, 5.41) is 0. The number of aryl methyl sites for hydroxylation is 1. The third-order valence-electron chi connectivity index (χ3n) is 5.92. The van der Waals surface area contributed by atoms with Gasteiger partial charge in [-0.3, -0.25) is 4.79 Å². The zero-order valence-corrected chi connectivity index (χ0v) is 15.6. The van der Waals surface area contributed by atoms with Crippen LogP contribution in [-0.2, 0) is 5.41 Å². The van der Waals surface area contributed by atoms with E-state index in [0.29, 0.717) is 5.95 Å². The molecular weight excluding hydrogens is 334 g/mol. The van der Waals surface area contributed by atoms with Crippen molar-refractivity contribution >= 4 is 17.4 Å². The molecule has 1 spiro atoms. The number of anilines is 2. The number of ketones is 1. The van der Waals surface area contributed by atoms with Crippen LogP contribution < -0.4 is 4.90 Å². The summed E-state index contributed by atoms with van der Waals surface area (Å²) >= 11 is 0. The number of carbonyl (C=O) groups excluding carboxylic acids is 1. The van der Waals surface area contributed by atoms with Crippen LogP contribution in [0.5, 0.6) is 0 Å². The predicted molar refractivity (Wildman–Crippen MR) is 107 cm³/mol. The van der Waals surface area contributed by atoms with Crippen molar-refractivity contribution in [1.82, 2.24) is 9.97 Å². The molecule has 2 aromatic carbocycles. The summed E-state index contributed by atoms with van der Waals surface area (Å²) in [6.07, 6.45) is 6.18. The maximum Gasteiger partial charge on any atom is 0.229 e. The van der Waals surface area contributed by atoms with Crippen LogP contribution in [0.4, 0.5) is 11.6 Å². The van der Waals surface area contributed by atoms with Gasteiger partial charge in [0.1, 0.15) is 0 Å². The van der Waals surface area contributed by atoms with Gasteiger partial charge in [-0.1, -0.05) is 36.4 Å². The minimum atomic E-state index is 0.0883. The van der Waals surface area contributed by atoms with Crippen molar-refractivity contribution in [1.29, 1.82) is 0 Å². The van der Waals surface area contributed by atoms with E-state index in [0.717, 1.165) is 28.9 Å². The van der Waals surface area contributed by atoms with E-state index in [1.54, 1.807) is 6.92 Å². The van der Waals surface area contributed by atoms with E-state index in [9.17, 15) is 4.79 Å². The minimum Gasteiger partial charge on any atom is -0.309 e. The summed E-state index contributed by atoms with van der Waals surface area (Å²) in [6.45, 7) is 4.61. The van der Waals surface area contributed by atoms with Crippen molar-refractivity contribution in [3.63, 3.8) is 0 Å². The zero-order chi connectivity index (χ0) is 18.6. The molecule has 1 aliphatic carbocycles. The van der Waals surface area contributed by atoms with Crippen molar-refractivity contribution in [3.8, 4) is 11.1 Å². The van der Waals surface area contributed by atoms with Crippen molar-refractivity contribution in [2.24, 2.45) is 0 Å². The first kappa shape index (κ1) is 16.2. The van der Waals surface area contributed by atoms with Crippen molar-refractivity contribution in [2.45, 2.75) is 32.1 Å². The number of nitrogens with zero attached hydrogens (tertiary/aromatic N) is 3. The van der Waals surface area contributed by atoms with E-state index in [1.165, 1.54) is 24.0 Å². The fraction of sp³-hybridized carbons (Fsp3) is 0.261. The van der Waals surface area contributed by atoms with E-state index >= 15 is 0 Å². The molecule has 2 heterocycles. The Bertz CT molecular complexity index is 1050. The number of aromatic nitrogens is 2. The van der Waals surface area contributed by atoms with Crippen LogP contribution in [0.3, 0.4) is 0 Å². The molecule has 27 heavy (non-hydrogen) atoms. The monoisotopic (exact) mass is 355 g/mol. The van der Waals surface area contributed by atoms with Crippen LogP contribution >= 0.6 is 0 Å². The molecular formula is C23H21N3O. The lowest BCUT2D eigenvalue weighted by Crippen LogP contribution is -2.21. The maximum atomic E-state index is 11.8. The molecule has 2 aliphatic rings. The van der Waals surface area contributed by atoms with Gasteiger partial charge in [0.2, 0.25) is 5.95 Å². The molecule has 0 N–H and O–H groups in total. The average Bonchev–Trinajstić information content (AvgIpc) is 3.39. The molecule has 0 bridgehead atoms. The maximum absolute atomic E-state index is 11.8. The summed E-state index contributed by atoms with van der Waals surface area (Å²) in [5.41, 5.74) is 6.78. The van der Waals surface area contributed by atoms with Gasteiger partial charge in [0.15, 0.2) is 5.78 Å². The molecule has 3 aromatic rings.